The van der Waals surface area contributed by atoms with Crippen molar-refractivity contribution in [1.82, 2.24) is 10.2 Å². The Kier molecular flexibility index (Phi) is 3.46. The Balaban J connectivity index is 2.01. The summed E-state index contributed by atoms with van der Waals surface area (Å²) in [5.41, 5.74) is -0.790. The number of nitrogens with one attached hydrogen (secondary N) is 1. The second kappa shape index (κ2) is 4.66. The molecule has 7 nitrogen and oxygen atoms in total. The molecule has 1 heterocycles. The summed E-state index contributed by atoms with van der Waals surface area (Å²) < 4.78 is 22.9. The Morgan fingerprint density at radius 1 is 1.42 bits per heavy atom. The molecule has 1 unspecified atom stereocenters. The predicted octanol–water partition coefficient (Wildman–Crippen LogP) is -0.178. The zero-order valence-corrected chi connectivity index (χ0v) is 11.6. The van der Waals surface area contributed by atoms with Crippen LogP contribution in [0, 0.1) is 0 Å². The number of hydrogen-bond acceptors (Lipinski definition) is 4. The number of urea groups is 1. The van der Waals surface area contributed by atoms with Crippen LogP contribution < -0.4 is 5.32 Å². The summed E-state index contributed by atoms with van der Waals surface area (Å²) in [6, 6.07) is -0.512. The molecule has 0 aromatic rings. The van der Waals surface area contributed by atoms with Gasteiger partial charge in [0.05, 0.1) is 17.0 Å². The zero-order chi connectivity index (χ0) is 14.3. The van der Waals surface area contributed by atoms with Gasteiger partial charge < -0.3 is 15.3 Å². The minimum absolute atomic E-state index is 0.0299. The highest BCUT2D eigenvalue weighted by Gasteiger charge is 2.42. The number of carbonyl (C=O) groups excluding carboxylic acids is 1. The van der Waals surface area contributed by atoms with Crippen molar-refractivity contribution in [1.29, 1.82) is 0 Å². The number of carbonyl (C=O) groups is 2. The van der Waals surface area contributed by atoms with E-state index in [4.69, 9.17) is 5.11 Å². The molecule has 2 aliphatic rings. The average Bonchev–Trinajstić information content (AvgIpc) is 3.02. The Hall–Kier alpha value is -1.31. The highest BCUT2D eigenvalue weighted by atomic mass is 32.2. The van der Waals surface area contributed by atoms with Crippen LogP contribution in [0.5, 0.6) is 0 Å². The SMILES string of the molecule is CC1(NC(=O)N(CC(=O)O)C2CC2)CCS(=O)(=O)C1. The van der Waals surface area contributed by atoms with Gasteiger partial charge in [0.15, 0.2) is 9.84 Å². The van der Waals surface area contributed by atoms with Gasteiger partial charge in [-0.25, -0.2) is 13.2 Å². The highest BCUT2D eigenvalue weighted by Crippen LogP contribution is 2.28. The van der Waals surface area contributed by atoms with Crippen LogP contribution in [-0.4, -0.2) is 60.1 Å². The van der Waals surface area contributed by atoms with Crippen molar-refractivity contribution in [3.05, 3.63) is 0 Å². The Bertz CT molecular complexity index is 499. The minimum Gasteiger partial charge on any atom is -0.480 e. The zero-order valence-electron chi connectivity index (χ0n) is 10.8. The van der Waals surface area contributed by atoms with Crippen molar-refractivity contribution in [2.45, 2.75) is 37.8 Å². The maximum absolute atomic E-state index is 12.1. The maximum atomic E-state index is 12.1. The van der Waals surface area contributed by atoms with E-state index in [1.54, 1.807) is 6.92 Å². The molecule has 1 atom stereocenters. The van der Waals surface area contributed by atoms with E-state index in [1.807, 2.05) is 0 Å². The first-order valence-corrected chi connectivity index (χ1v) is 8.04. The van der Waals surface area contributed by atoms with Crippen LogP contribution in [0.4, 0.5) is 4.79 Å². The second-order valence-corrected chi connectivity index (χ2v) is 7.77. The molecule has 2 amide bonds. The molecular formula is C11H18N2O5S. The second-order valence-electron chi connectivity index (χ2n) is 5.59. The van der Waals surface area contributed by atoms with Crippen LogP contribution in [0.15, 0.2) is 0 Å². The van der Waals surface area contributed by atoms with Gasteiger partial charge in [0.25, 0.3) is 0 Å². The lowest BCUT2D eigenvalue weighted by atomic mass is 10.0. The lowest BCUT2D eigenvalue weighted by molar-refractivity contribution is -0.137. The number of aliphatic carboxylic acids is 1. The molecule has 19 heavy (non-hydrogen) atoms. The molecule has 8 heteroatoms. The lowest BCUT2D eigenvalue weighted by Crippen LogP contribution is -2.54. The number of carboxylic acid groups (broad SMARTS) is 1. The number of amides is 2. The van der Waals surface area contributed by atoms with E-state index in [0.29, 0.717) is 6.42 Å². The molecule has 2 N–H and O–H groups in total. The third-order valence-corrected chi connectivity index (χ3v) is 5.37. The summed E-state index contributed by atoms with van der Waals surface area (Å²) in [5.74, 6) is -1.09. The maximum Gasteiger partial charge on any atom is 0.323 e. The van der Waals surface area contributed by atoms with Gasteiger partial charge in [-0.3, -0.25) is 4.79 Å². The fourth-order valence-electron chi connectivity index (χ4n) is 2.34. The molecule has 1 aliphatic heterocycles. The highest BCUT2D eigenvalue weighted by molar-refractivity contribution is 7.91. The number of nitrogens with zero attached hydrogens (tertiary/aromatic N) is 1. The van der Waals surface area contributed by atoms with Crippen LogP contribution >= 0.6 is 0 Å². The van der Waals surface area contributed by atoms with Crippen molar-refractivity contribution >= 4 is 21.8 Å². The van der Waals surface area contributed by atoms with Crippen LogP contribution in [0.25, 0.3) is 0 Å². The van der Waals surface area contributed by atoms with E-state index in [9.17, 15) is 18.0 Å². The quantitative estimate of drug-likeness (QED) is 0.747. The lowest BCUT2D eigenvalue weighted by Gasteiger charge is -2.29. The van der Waals surface area contributed by atoms with E-state index in [0.717, 1.165) is 12.8 Å². The van der Waals surface area contributed by atoms with Gasteiger partial charge in [0.1, 0.15) is 6.54 Å². The minimum atomic E-state index is -3.10. The summed E-state index contributed by atoms with van der Waals surface area (Å²) in [6.45, 7) is 1.33. The molecule has 0 spiro atoms. The van der Waals surface area contributed by atoms with Crippen molar-refractivity contribution in [3.8, 4) is 0 Å². The molecule has 0 bridgehead atoms. The molecule has 0 aromatic carbocycles. The third-order valence-electron chi connectivity index (χ3n) is 3.47. The summed E-state index contributed by atoms with van der Waals surface area (Å²) in [7, 11) is -3.10. The molecule has 108 valence electrons. The summed E-state index contributed by atoms with van der Waals surface area (Å²) >= 11 is 0. The predicted molar refractivity (Wildman–Crippen MR) is 67.6 cm³/mol. The van der Waals surface area contributed by atoms with Crippen LogP contribution in [-0.2, 0) is 14.6 Å². The number of carboxylic acids is 1. The molecule has 1 saturated heterocycles. The fourth-order valence-corrected chi connectivity index (χ4v) is 4.43. The normalized spacial score (nSPS) is 28.9. The van der Waals surface area contributed by atoms with Crippen LogP contribution in [0.1, 0.15) is 26.2 Å². The number of rotatable bonds is 4. The first-order valence-electron chi connectivity index (χ1n) is 6.22. The van der Waals surface area contributed by atoms with Gasteiger partial charge in [0.2, 0.25) is 0 Å². The monoisotopic (exact) mass is 290 g/mol. The third kappa shape index (κ3) is 3.59. The fraction of sp³-hybridized carbons (Fsp3) is 0.818. The molecule has 2 rings (SSSR count). The standard InChI is InChI=1S/C11H18N2O5S/c1-11(4-5-19(17,18)7-11)12-10(16)13(6-9(14)15)8-2-3-8/h8H,2-7H2,1H3,(H,12,16)(H,14,15). The first kappa shape index (κ1) is 14.1. The average molecular weight is 290 g/mol. The largest absolute Gasteiger partial charge is 0.480 e. The van der Waals surface area contributed by atoms with Crippen molar-refractivity contribution in [2.24, 2.45) is 0 Å². The molecule has 0 radical (unpaired) electrons. The molecule has 0 aromatic heterocycles. The van der Waals surface area contributed by atoms with E-state index in [2.05, 4.69) is 5.32 Å². The smallest absolute Gasteiger partial charge is 0.323 e. The molecular weight excluding hydrogens is 272 g/mol. The van der Waals surface area contributed by atoms with Gasteiger partial charge in [-0.15, -0.1) is 0 Å². The van der Waals surface area contributed by atoms with Crippen LogP contribution in [0.2, 0.25) is 0 Å². The van der Waals surface area contributed by atoms with Crippen molar-refractivity contribution < 1.29 is 23.1 Å². The van der Waals surface area contributed by atoms with Gasteiger partial charge in [-0.2, -0.15) is 0 Å². The summed E-state index contributed by atoms with van der Waals surface area (Å²) in [5, 5.41) is 11.5. The molecule has 1 aliphatic carbocycles. The summed E-state index contributed by atoms with van der Waals surface area (Å²) in [4.78, 5) is 24.1. The van der Waals surface area contributed by atoms with E-state index < -0.39 is 27.4 Å². The van der Waals surface area contributed by atoms with Crippen molar-refractivity contribution in [3.63, 3.8) is 0 Å². The van der Waals surface area contributed by atoms with E-state index in [1.165, 1.54) is 4.90 Å². The molecule has 2 fully saturated rings. The molecule has 1 saturated carbocycles. The number of sulfone groups is 1. The Labute approximate surface area is 111 Å². The van der Waals surface area contributed by atoms with E-state index in [-0.39, 0.29) is 24.1 Å². The van der Waals surface area contributed by atoms with Gasteiger partial charge in [0, 0.05) is 6.04 Å². The van der Waals surface area contributed by atoms with E-state index >= 15 is 0 Å². The first-order chi connectivity index (χ1) is 8.71. The van der Waals surface area contributed by atoms with Crippen molar-refractivity contribution in [2.75, 3.05) is 18.1 Å². The van der Waals surface area contributed by atoms with Gasteiger partial charge >= 0.3 is 12.0 Å². The number of hydrogen-bond donors (Lipinski definition) is 2. The Morgan fingerprint density at radius 3 is 2.47 bits per heavy atom. The van der Waals surface area contributed by atoms with Crippen LogP contribution in [0.3, 0.4) is 0 Å². The topological polar surface area (TPSA) is 104 Å². The Morgan fingerprint density at radius 2 is 2.05 bits per heavy atom. The summed E-state index contributed by atoms with van der Waals surface area (Å²) in [6.07, 6.45) is 1.97. The van der Waals surface area contributed by atoms with Gasteiger partial charge in [-0.1, -0.05) is 0 Å². The van der Waals surface area contributed by atoms with Gasteiger partial charge in [-0.05, 0) is 26.2 Å².